The van der Waals surface area contributed by atoms with Crippen LogP contribution in [-0.2, 0) is 7.05 Å². The molecule has 1 aromatic heterocycles. The van der Waals surface area contributed by atoms with E-state index in [2.05, 4.69) is 25.0 Å². The Hall–Kier alpha value is -1.54. The second-order valence-corrected chi connectivity index (χ2v) is 6.97. The molecule has 1 unspecified atom stereocenters. The van der Waals surface area contributed by atoms with Crippen LogP contribution in [0.1, 0.15) is 56.9 Å². The Morgan fingerprint density at radius 2 is 1.90 bits per heavy atom. The van der Waals surface area contributed by atoms with Gasteiger partial charge in [0.1, 0.15) is 6.10 Å². The van der Waals surface area contributed by atoms with Gasteiger partial charge in [0.2, 0.25) is 5.88 Å². The third-order valence-corrected chi connectivity index (χ3v) is 4.92. The number of nitrogens with zero attached hydrogens (tertiary/aromatic N) is 3. The maximum Gasteiger partial charge on any atom is 0.217 e. The Bertz CT molecular complexity index is 559. The molecule has 1 N–H and O–H groups in total. The molecule has 1 aliphatic rings. The van der Waals surface area contributed by atoms with E-state index in [0.717, 1.165) is 18.5 Å². The summed E-state index contributed by atoms with van der Waals surface area (Å²) in [5, 5.41) is 25.0. The fourth-order valence-electron chi connectivity index (χ4n) is 3.31. The van der Waals surface area contributed by atoms with E-state index in [1.807, 2.05) is 6.92 Å². The van der Waals surface area contributed by atoms with Crippen LogP contribution in [0.3, 0.4) is 0 Å². The Morgan fingerprint density at radius 3 is 2.38 bits per heavy atom. The zero-order valence-corrected chi connectivity index (χ0v) is 13.6. The van der Waals surface area contributed by atoms with Crippen LogP contribution >= 0.6 is 0 Å². The van der Waals surface area contributed by atoms with Crippen LogP contribution in [0.4, 0.5) is 0 Å². The lowest BCUT2D eigenvalue weighted by molar-refractivity contribution is 0.00778. The van der Waals surface area contributed by atoms with Gasteiger partial charge in [0.25, 0.3) is 0 Å². The zero-order chi connectivity index (χ0) is 15.8. The van der Waals surface area contributed by atoms with Crippen LogP contribution in [0.15, 0.2) is 0 Å². The van der Waals surface area contributed by atoms with Crippen molar-refractivity contribution in [2.45, 2.75) is 52.6 Å². The minimum absolute atomic E-state index is 0.244. The van der Waals surface area contributed by atoms with Crippen LogP contribution in [0.2, 0.25) is 0 Å². The van der Waals surface area contributed by atoms with Gasteiger partial charge in [0.05, 0.1) is 29.9 Å². The molecule has 0 amide bonds. The topological polar surface area (TPSA) is 71.1 Å². The number of methoxy groups -OCH3 is 1. The van der Waals surface area contributed by atoms with Crippen LogP contribution in [0.25, 0.3) is 0 Å². The van der Waals surface area contributed by atoms with E-state index in [-0.39, 0.29) is 5.41 Å². The second-order valence-electron chi connectivity index (χ2n) is 6.97. The van der Waals surface area contributed by atoms with Gasteiger partial charge in [-0.15, -0.1) is 0 Å². The Kier molecular flexibility index (Phi) is 4.03. The van der Waals surface area contributed by atoms with E-state index in [0.29, 0.717) is 24.3 Å². The SMILES string of the molecule is COc1c(C(O)C2(C#N)CCC(C)(C)CC2)c(C)nn1C. The number of aryl methyl sites for hydroxylation is 2. The van der Waals surface area contributed by atoms with Crippen molar-refractivity contribution < 1.29 is 9.84 Å². The predicted molar refractivity (Wildman–Crippen MR) is 79.8 cm³/mol. The Balaban J connectivity index is 2.39. The summed E-state index contributed by atoms with van der Waals surface area (Å²) in [6, 6.07) is 2.40. The molecule has 0 spiro atoms. The van der Waals surface area contributed by atoms with Crippen molar-refractivity contribution in [1.29, 1.82) is 5.26 Å². The highest BCUT2D eigenvalue weighted by atomic mass is 16.5. The monoisotopic (exact) mass is 291 g/mol. The van der Waals surface area contributed by atoms with Gasteiger partial charge < -0.3 is 9.84 Å². The summed E-state index contributed by atoms with van der Waals surface area (Å²) in [6.07, 6.45) is 2.44. The van der Waals surface area contributed by atoms with Crippen molar-refractivity contribution in [3.63, 3.8) is 0 Å². The van der Waals surface area contributed by atoms with Gasteiger partial charge in [-0.3, -0.25) is 0 Å². The molecule has 1 aromatic rings. The normalized spacial score (nSPS) is 21.6. The van der Waals surface area contributed by atoms with E-state index < -0.39 is 11.5 Å². The first-order chi connectivity index (χ1) is 9.76. The number of aliphatic hydroxyl groups is 1. The second kappa shape index (κ2) is 5.34. The van der Waals surface area contributed by atoms with Gasteiger partial charge in [-0.05, 0) is 38.0 Å². The molecular formula is C16H25N3O2. The molecule has 0 aliphatic heterocycles. The molecule has 0 bridgehead atoms. The molecule has 2 rings (SSSR count). The van der Waals surface area contributed by atoms with E-state index in [9.17, 15) is 10.4 Å². The van der Waals surface area contributed by atoms with Crippen molar-refractivity contribution >= 4 is 0 Å². The van der Waals surface area contributed by atoms with Crippen molar-refractivity contribution in [3.8, 4) is 11.9 Å². The lowest BCUT2D eigenvalue weighted by atomic mass is 9.62. The average Bonchev–Trinajstić information content (AvgIpc) is 2.72. The predicted octanol–water partition coefficient (Wildman–Crippen LogP) is 2.88. The highest BCUT2D eigenvalue weighted by Gasteiger charge is 2.46. The average molecular weight is 291 g/mol. The fraction of sp³-hybridized carbons (Fsp3) is 0.750. The molecule has 0 saturated heterocycles. The van der Waals surface area contributed by atoms with E-state index in [1.54, 1.807) is 18.8 Å². The standard InChI is InChI=1S/C16H25N3O2/c1-11-12(14(21-5)19(4)18-11)13(20)16(10-17)8-6-15(2,3)7-9-16/h13,20H,6-9H2,1-5H3. The third-order valence-electron chi connectivity index (χ3n) is 4.92. The Morgan fingerprint density at radius 1 is 1.33 bits per heavy atom. The first-order valence-electron chi connectivity index (χ1n) is 7.43. The molecule has 5 heteroatoms. The Labute approximate surface area is 126 Å². The molecule has 0 aromatic carbocycles. The molecule has 116 valence electrons. The van der Waals surface area contributed by atoms with E-state index >= 15 is 0 Å². The first kappa shape index (κ1) is 15.8. The van der Waals surface area contributed by atoms with Crippen LogP contribution in [0, 0.1) is 29.1 Å². The number of hydrogen-bond acceptors (Lipinski definition) is 4. The van der Waals surface area contributed by atoms with Crippen LogP contribution in [-0.4, -0.2) is 22.0 Å². The van der Waals surface area contributed by atoms with Gasteiger partial charge in [-0.1, -0.05) is 13.8 Å². The van der Waals surface area contributed by atoms with Gasteiger partial charge in [0, 0.05) is 7.05 Å². The summed E-state index contributed by atoms with van der Waals surface area (Å²) in [7, 11) is 3.35. The quantitative estimate of drug-likeness (QED) is 0.929. The first-order valence-corrected chi connectivity index (χ1v) is 7.43. The number of rotatable bonds is 3. The van der Waals surface area contributed by atoms with Crippen molar-refractivity contribution in [2.75, 3.05) is 7.11 Å². The summed E-state index contributed by atoms with van der Waals surface area (Å²) in [6.45, 7) is 6.28. The maximum atomic E-state index is 10.9. The molecule has 0 radical (unpaired) electrons. The molecule has 1 atom stereocenters. The maximum absolute atomic E-state index is 10.9. The third kappa shape index (κ3) is 2.65. The summed E-state index contributed by atoms with van der Waals surface area (Å²) >= 11 is 0. The number of hydrogen-bond donors (Lipinski definition) is 1. The molecule has 1 fully saturated rings. The fourth-order valence-corrected chi connectivity index (χ4v) is 3.31. The molecule has 5 nitrogen and oxygen atoms in total. The van der Waals surface area contributed by atoms with Gasteiger partial charge >= 0.3 is 0 Å². The van der Waals surface area contributed by atoms with Crippen LogP contribution < -0.4 is 4.74 Å². The summed E-state index contributed by atoms with van der Waals surface area (Å²) in [5.41, 5.74) is 0.882. The summed E-state index contributed by atoms with van der Waals surface area (Å²) in [4.78, 5) is 0. The van der Waals surface area contributed by atoms with E-state index in [4.69, 9.17) is 4.74 Å². The lowest BCUT2D eigenvalue weighted by Crippen LogP contribution is -2.35. The minimum Gasteiger partial charge on any atom is -0.481 e. The van der Waals surface area contributed by atoms with Gasteiger partial charge in [0.15, 0.2) is 0 Å². The molecule has 1 heterocycles. The molecular weight excluding hydrogens is 266 g/mol. The number of aliphatic hydroxyl groups excluding tert-OH is 1. The molecule has 21 heavy (non-hydrogen) atoms. The number of nitriles is 1. The molecule has 1 aliphatic carbocycles. The summed E-state index contributed by atoms with van der Waals surface area (Å²) < 4.78 is 6.99. The largest absolute Gasteiger partial charge is 0.481 e. The molecule has 1 saturated carbocycles. The number of aromatic nitrogens is 2. The van der Waals surface area contributed by atoms with Crippen LogP contribution in [0.5, 0.6) is 5.88 Å². The van der Waals surface area contributed by atoms with E-state index in [1.165, 1.54) is 0 Å². The van der Waals surface area contributed by atoms with Gasteiger partial charge in [-0.2, -0.15) is 10.4 Å². The van der Waals surface area contributed by atoms with Crippen molar-refractivity contribution in [2.24, 2.45) is 17.9 Å². The van der Waals surface area contributed by atoms with Crippen molar-refractivity contribution in [1.82, 2.24) is 9.78 Å². The summed E-state index contributed by atoms with van der Waals surface area (Å²) in [5.74, 6) is 0.541. The van der Waals surface area contributed by atoms with Gasteiger partial charge in [-0.25, -0.2) is 4.68 Å². The lowest BCUT2D eigenvalue weighted by Gasteiger charge is -2.41. The highest BCUT2D eigenvalue weighted by Crippen LogP contribution is 2.52. The highest BCUT2D eigenvalue weighted by molar-refractivity contribution is 5.36. The number of ether oxygens (including phenoxy) is 1. The smallest absolute Gasteiger partial charge is 0.217 e. The zero-order valence-electron chi connectivity index (χ0n) is 13.6. The van der Waals surface area contributed by atoms with Crippen molar-refractivity contribution in [3.05, 3.63) is 11.3 Å². The minimum atomic E-state index is -0.859.